The number of para-hydroxylation sites is 1. The van der Waals surface area contributed by atoms with E-state index in [1.807, 2.05) is 13.0 Å². The van der Waals surface area contributed by atoms with Gasteiger partial charge in [-0.15, -0.1) is 0 Å². The van der Waals surface area contributed by atoms with Gasteiger partial charge in [0.2, 0.25) is 0 Å². The Morgan fingerprint density at radius 2 is 1.90 bits per heavy atom. The maximum Gasteiger partial charge on any atom is 0.297 e. The van der Waals surface area contributed by atoms with Crippen LogP contribution in [0.4, 0.5) is 0 Å². The van der Waals surface area contributed by atoms with Crippen molar-refractivity contribution in [1.29, 1.82) is 0 Å². The second kappa shape index (κ2) is 5.50. The Morgan fingerprint density at radius 1 is 1.19 bits per heavy atom. The van der Waals surface area contributed by atoms with Crippen molar-refractivity contribution in [1.82, 2.24) is 0 Å². The number of hydrogen-bond donors (Lipinski definition) is 0. The van der Waals surface area contributed by atoms with Gasteiger partial charge in [0, 0.05) is 7.77 Å². The molecular formula is C16H16O4S. The average Bonchev–Trinajstić information content (AvgIpc) is 2.51. The van der Waals surface area contributed by atoms with Gasteiger partial charge in [0.25, 0.3) is 10.1 Å². The third kappa shape index (κ3) is 3.09. The first-order chi connectivity index (χ1) is 10.5. The molecule has 1 aliphatic rings. The van der Waals surface area contributed by atoms with Gasteiger partial charge in [0.05, 0.1) is 4.90 Å². The molecule has 0 unspecified atom stereocenters. The Balaban J connectivity index is 1.83. The van der Waals surface area contributed by atoms with Gasteiger partial charge < -0.3 is 4.74 Å². The van der Waals surface area contributed by atoms with Crippen molar-refractivity contribution >= 4 is 10.1 Å². The number of hydrogen-bond acceptors (Lipinski definition) is 4. The summed E-state index contributed by atoms with van der Waals surface area (Å²) in [6.07, 6.45) is -1.66. The monoisotopic (exact) mass is 305 g/mol. The Labute approximate surface area is 125 Å². The molecule has 2 aromatic rings. The molecule has 4 nitrogen and oxygen atoms in total. The van der Waals surface area contributed by atoms with Crippen molar-refractivity contribution in [2.45, 2.75) is 24.3 Å². The van der Waals surface area contributed by atoms with Crippen LogP contribution in [0.1, 0.15) is 12.5 Å². The molecule has 0 bridgehead atoms. The van der Waals surface area contributed by atoms with Crippen LogP contribution in [-0.4, -0.2) is 21.1 Å². The molecule has 21 heavy (non-hydrogen) atoms. The van der Waals surface area contributed by atoms with E-state index in [4.69, 9.17) is 10.3 Å². The molecule has 5 heteroatoms. The van der Waals surface area contributed by atoms with Crippen LogP contribution in [0.2, 0.25) is 0 Å². The highest BCUT2D eigenvalue weighted by Crippen LogP contribution is 2.27. The predicted molar refractivity (Wildman–Crippen MR) is 78.9 cm³/mol. The van der Waals surface area contributed by atoms with Crippen molar-refractivity contribution in [3.8, 4) is 5.75 Å². The van der Waals surface area contributed by atoms with Gasteiger partial charge in [-0.05, 0) is 30.7 Å². The van der Waals surface area contributed by atoms with Crippen molar-refractivity contribution in [3.63, 3.8) is 0 Å². The van der Waals surface area contributed by atoms with Crippen LogP contribution in [-0.2, 0) is 20.7 Å². The molecule has 1 aliphatic heterocycles. The first-order valence-electron chi connectivity index (χ1n) is 7.19. The van der Waals surface area contributed by atoms with Crippen molar-refractivity contribution in [3.05, 3.63) is 59.7 Å². The highest BCUT2D eigenvalue weighted by molar-refractivity contribution is 7.86. The van der Waals surface area contributed by atoms with E-state index in [1.54, 1.807) is 30.3 Å². The molecule has 1 heterocycles. The molecule has 0 fully saturated rings. The average molecular weight is 305 g/mol. The zero-order valence-corrected chi connectivity index (χ0v) is 12.3. The Bertz CT molecular complexity index is 771. The van der Waals surface area contributed by atoms with E-state index in [2.05, 4.69) is 0 Å². The van der Waals surface area contributed by atoms with Gasteiger partial charge >= 0.3 is 0 Å². The molecule has 2 aromatic carbocycles. The quantitative estimate of drug-likeness (QED) is 0.818. The molecule has 0 spiro atoms. The predicted octanol–water partition coefficient (Wildman–Crippen LogP) is 2.70. The molecule has 0 N–H and O–H groups in total. The Hall–Kier alpha value is -1.85. The second-order valence-corrected chi connectivity index (χ2v) is 6.49. The zero-order chi connectivity index (χ0) is 15.7. The molecule has 0 amide bonds. The van der Waals surface area contributed by atoms with Crippen LogP contribution >= 0.6 is 0 Å². The summed E-state index contributed by atoms with van der Waals surface area (Å²) >= 11 is 0. The fourth-order valence-corrected chi connectivity index (χ4v) is 3.17. The summed E-state index contributed by atoms with van der Waals surface area (Å²) in [6, 6.07) is 13.5. The summed E-state index contributed by atoms with van der Waals surface area (Å²) in [7, 11) is -3.91. The number of fused-ring (bicyclic) bond motifs is 1. The lowest BCUT2D eigenvalue weighted by atomic mass is 10.1. The minimum atomic E-state index is -3.91. The lowest BCUT2D eigenvalue weighted by Gasteiger charge is -2.24. The number of rotatable bonds is 3. The summed E-state index contributed by atoms with van der Waals surface area (Å²) in [6.45, 7) is 1.92. The number of benzene rings is 2. The maximum absolute atomic E-state index is 12.3. The summed E-state index contributed by atoms with van der Waals surface area (Å²) in [4.78, 5) is 0.0872. The molecule has 3 rings (SSSR count). The molecule has 0 saturated heterocycles. The van der Waals surface area contributed by atoms with Crippen LogP contribution in [0.15, 0.2) is 53.4 Å². The zero-order valence-electron chi connectivity index (χ0n) is 12.5. The van der Waals surface area contributed by atoms with Crippen LogP contribution < -0.4 is 4.74 Å². The first kappa shape index (κ1) is 12.9. The molecule has 0 radical (unpaired) electrons. The largest absolute Gasteiger partial charge is 0.491 e. The maximum atomic E-state index is 12.3. The molecule has 0 saturated carbocycles. The lowest BCUT2D eigenvalue weighted by molar-refractivity contribution is 0.118. The van der Waals surface area contributed by atoms with Crippen molar-refractivity contribution in [2.24, 2.45) is 0 Å². The van der Waals surface area contributed by atoms with Crippen LogP contribution in [0.5, 0.6) is 5.75 Å². The van der Waals surface area contributed by atoms with Gasteiger partial charge in [0.1, 0.15) is 18.5 Å². The summed E-state index contributed by atoms with van der Waals surface area (Å²) < 4.78 is 43.6. The first-order valence-corrected chi connectivity index (χ1v) is 8.02. The fourth-order valence-electron chi connectivity index (χ4n) is 2.15. The minimum Gasteiger partial charge on any atom is -0.491 e. The lowest BCUT2D eigenvalue weighted by Crippen LogP contribution is -2.31. The summed E-state index contributed by atoms with van der Waals surface area (Å²) in [5, 5.41) is 0. The molecule has 0 aliphatic carbocycles. The van der Waals surface area contributed by atoms with Crippen molar-refractivity contribution in [2.75, 3.05) is 6.61 Å². The van der Waals surface area contributed by atoms with E-state index < -0.39 is 22.6 Å². The van der Waals surface area contributed by atoms with Crippen LogP contribution in [0, 0.1) is 6.92 Å². The van der Waals surface area contributed by atoms with Gasteiger partial charge in [0.15, 0.2) is 0 Å². The van der Waals surface area contributed by atoms with Gasteiger partial charge in [-0.1, -0.05) is 35.9 Å². The van der Waals surface area contributed by atoms with Crippen LogP contribution in [0.3, 0.4) is 0 Å². The van der Waals surface area contributed by atoms with E-state index in [-0.39, 0.29) is 11.5 Å². The molecule has 110 valence electrons. The highest BCUT2D eigenvalue weighted by Gasteiger charge is 2.26. The number of ether oxygens (including phenoxy) is 1. The van der Waals surface area contributed by atoms with Crippen LogP contribution in [0.25, 0.3) is 0 Å². The van der Waals surface area contributed by atoms with E-state index in [0.717, 1.165) is 5.56 Å². The number of aryl methyl sites for hydroxylation is 1. The van der Waals surface area contributed by atoms with Gasteiger partial charge in [-0.25, -0.2) is 0 Å². The van der Waals surface area contributed by atoms with Crippen molar-refractivity contribution < 1.29 is 18.7 Å². The topological polar surface area (TPSA) is 52.6 Å². The summed E-state index contributed by atoms with van der Waals surface area (Å²) in [5.41, 5.74) is 1.60. The second-order valence-electron chi connectivity index (χ2n) is 4.92. The third-order valence-corrected chi connectivity index (χ3v) is 4.60. The highest BCUT2D eigenvalue weighted by atomic mass is 32.2. The van der Waals surface area contributed by atoms with E-state index in [9.17, 15) is 8.42 Å². The molecular weight excluding hydrogens is 288 g/mol. The van der Waals surface area contributed by atoms with Gasteiger partial charge in [-0.3, -0.25) is 4.18 Å². The van der Waals surface area contributed by atoms with E-state index in [1.165, 1.54) is 12.1 Å². The Kier molecular flexibility index (Phi) is 3.37. The normalized spacial score (nSPS) is 22.0. The smallest absolute Gasteiger partial charge is 0.297 e. The minimum absolute atomic E-state index is 0.0380. The molecule has 0 aromatic heterocycles. The third-order valence-electron chi connectivity index (χ3n) is 3.25. The Morgan fingerprint density at radius 3 is 2.67 bits per heavy atom. The van der Waals surface area contributed by atoms with E-state index >= 15 is 0 Å². The SMILES string of the molecule is [2H][C@@H]1c2ccccc2OC[C@H]1OS(=O)(=O)c1ccc(C)cc1. The van der Waals surface area contributed by atoms with Gasteiger partial charge in [-0.2, -0.15) is 8.42 Å². The molecule has 2 atom stereocenters. The van der Waals surface area contributed by atoms with E-state index in [0.29, 0.717) is 11.3 Å². The summed E-state index contributed by atoms with van der Waals surface area (Å²) in [5.74, 6) is 0.607. The standard InChI is InChI=1S/C16H16O4S/c1-12-6-8-15(9-7-12)21(17,18)20-14-10-13-4-2-3-5-16(13)19-11-14/h2-9,14H,10-11H2,1H3/t14-/m0/s1/i10D/t10-,14+/m1. The fraction of sp³-hybridized carbons (Fsp3) is 0.250.